The maximum absolute atomic E-state index is 12.1. The summed E-state index contributed by atoms with van der Waals surface area (Å²) in [5.41, 5.74) is 4.72. The Bertz CT molecular complexity index is 1000. The average molecular weight is 421 g/mol. The van der Waals surface area contributed by atoms with Crippen LogP contribution in [0.25, 0.3) is 11.0 Å². The summed E-state index contributed by atoms with van der Waals surface area (Å²) in [7, 11) is 0. The number of hydrogen-bond acceptors (Lipinski definition) is 4. The van der Waals surface area contributed by atoms with Crippen LogP contribution >= 0.6 is 0 Å². The van der Waals surface area contributed by atoms with Crippen molar-refractivity contribution in [3.63, 3.8) is 0 Å². The lowest BCUT2D eigenvalue weighted by molar-refractivity contribution is 0.225. The third kappa shape index (κ3) is 5.52. The Balaban J connectivity index is 1.52. The summed E-state index contributed by atoms with van der Waals surface area (Å²) in [5, 5.41) is 3.82. The number of benzene rings is 1. The smallest absolute Gasteiger partial charge is 0.270 e. The quantitative estimate of drug-likeness (QED) is 0.617. The predicted molar refractivity (Wildman–Crippen MR) is 128 cm³/mol. The number of nitrogens with zero attached hydrogens (tertiary/aromatic N) is 2. The van der Waals surface area contributed by atoms with Crippen LogP contribution < -0.4 is 10.9 Å². The molecule has 166 valence electrons. The van der Waals surface area contributed by atoms with E-state index >= 15 is 0 Å². The Labute approximate surface area is 185 Å². The van der Waals surface area contributed by atoms with E-state index in [1.54, 1.807) is 0 Å². The minimum absolute atomic E-state index is 0.0814. The monoisotopic (exact) mass is 420 g/mol. The van der Waals surface area contributed by atoms with Crippen LogP contribution in [0.1, 0.15) is 63.3 Å². The molecule has 1 aliphatic heterocycles. The number of H-pyrrole nitrogens is 1. The van der Waals surface area contributed by atoms with Gasteiger partial charge in [0.1, 0.15) is 5.69 Å². The first-order chi connectivity index (χ1) is 15.1. The average Bonchev–Trinajstić information content (AvgIpc) is 2.80. The van der Waals surface area contributed by atoms with E-state index in [0.717, 1.165) is 30.4 Å². The summed E-state index contributed by atoms with van der Waals surface area (Å²) in [6.45, 7) is 8.89. The van der Waals surface area contributed by atoms with Gasteiger partial charge in [0.15, 0.2) is 0 Å². The SMILES string of the molecule is CCc1nc2cc(C(NCCCN3CCCCC3)C3=CCC(C)C=C3)ccc2[nH]c1=O. The van der Waals surface area contributed by atoms with Gasteiger partial charge in [-0.3, -0.25) is 4.79 Å². The van der Waals surface area contributed by atoms with Gasteiger partial charge in [-0.1, -0.05) is 44.6 Å². The number of aromatic amines is 1. The third-order valence-corrected chi connectivity index (χ3v) is 6.58. The fourth-order valence-electron chi connectivity index (χ4n) is 4.67. The number of aryl methyl sites for hydroxylation is 1. The van der Waals surface area contributed by atoms with Crippen LogP contribution in [0.15, 0.2) is 46.8 Å². The van der Waals surface area contributed by atoms with Crippen LogP contribution in [0.2, 0.25) is 0 Å². The van der Waals surface area contributed by atoms with Crippen LogP contribution in [-0.2, 0) is 6.42 Å². The molecule has 5 heteroatoms. The highest BCUT2D eigenvalue weighted by Crippen LogP contribution is 2.29. The largest absolute Gasteiger partial charge is 0.319 e. The topological polar surface area (TPSA) is 61.0 Å². The highest BCUT2D eigenvalue weighted by atomic mass is 16.1. The molecule has 0 spiro atoms. The number of nitrogens with one attached hydrogen (secondary N) is 2. The molecule has 5 nitrogen and oxygen atoms in total. The number of fused-ring (bicyclic) bond motifs is 1. The van der Waals surface area contributed by atoms with E-state index < -0.39 is 0 Å². The molecule has 2 heterocycles. The van der Waals surface area contributed by atoms with Crippen molar-refractivity contribution in [2.45, 2.75) is 58.4 Å². The van der Waals surface area contributed by atoms with Crippen molar-refractivity contribution in [3.8, 4) is 0 Å². The van der Waals surface area contributed by atoms with Crippen LogP contribution in [0, 0.1) is 5.92 Å². The molecule has 1 fully saturated rings. The zero-order valence-electron chi connectivity index (χ0n) is 19.0. The summed E-state index contributed by atoms with van der Waals surface area (Å²) < 4.78 is 0. The van der Waals surface area contributed by atoms with Gasteiger partial charge in [0.2, 0.25) is 0 Å². The lowest BCUT2D eigenvalue weighted by atomic mass is 9.90. The summed E-state index contributed by atoms with van der Waals surface area (Å²) in [6, 6.07) is 6.41. The molecule has 0 saturated carbocycles. The van der Waals surface area contributed by atoms with Crippen molar-refractivity contribution in [1.82, 2.24) is 20.2 Å². The van der Waals surface area contributed by atoms with Gasteiger partial charge in [-0.2, -0.15) is 0 Å². The minimum atomic E-state index is -0.0814. The van der Waals surface area contributed by atoms with Crippen molar-refractivity contribution < 1.29 is 0 Å². The van der Waals surface area contributed by atoms with Crippen LogP contribution in [-0.4, -0.2) is 41.0 Å². The summed E-state index contributed by atoms with van der Waals surface area (Å²) in [6.07, 6.45) is 13.9. The molecule has 1 aromatic heterocycles. The second-order valence-corrected chi connectivity index (χ2v) is 9.06. The van der Waals surface area contributed by atoms with E-state index in [-0.39, 0.29) is 11.6 Å². The van der Waals surface area contributed by atoms with E-state index in [1.807, 2.05) is 13.0 Å². The fourth-order valence-corrected chi connectivity index (χ4v) is 4.67. The van der Waals surface area contributed by atoms with Crippen LogP contribution in [0.3, 0.4) is 0 Å². The molecule has 2 unspecified atom stereocenters. The zero-order chi connectivity index (χ0) is 21.6. The number of likely N-dealkylation sites (tertiary alicyclic amines) is 1. The van der Waals surface area contributed by atoms with Crippen molar-refractivity contribution in [2.75, 3.05) is 26.2 Å². The molecule has 2 aliphatic rings. The first-order valence-electron chi connectivity index (χ1n) is 12.0. The Hall–Kier alpha value is -2.24. The molecule has 2 aromatic rings. The van der Waals surface area contributed by atoms with Crippen LogP contribution in [0.4, 0.5) is 0 Å². The van der Waals surface area contributed by atoms with E-state index in [4.69, 9.17) is 0 Å². The molecule has 1 aromatic carbocycles. The van der Waals surface area contributed by atoms with Crippen LogP contribution in [0.5, 0.6) is 0 Å². The molecule has 4 rings (SSSR count). The van der Waals surface area contributed by atoms with Crippen molar-refractivity contribution in [2.24, 2.45) is 5.92 Å². The third-order valence-electron chi connectivity index (χ3n) is 6.58. The van der Waals surface area contributed by atoms with E-state index in [9.17, 15) is 4.79 Å². The molecule has 2 atom stereocenters. The second kappa shape index (κ2) is 10.4. The lowest BCUT2D eigenvalue weighted by Gasteiger charge is -2.27. The van der Waals surface area contributed by atoms with Crippen molar-refractivity contribution in [3.05, 3.63) is 63.6 Å². The van der Waals surface area contributed by atoms with Gasteiger partial charge < -0.3 is 15.2 Å². The number of hydrogen-bond donors (Lipinski definition) is 2. The summed E-state index contributed by atoms with van der Waals surface area (Å²) >= 11 is 0. The van der Waals surface area contributed by atoms with Gasteiger partial charge in [-0.25, -0.2) is 4.98 Å². The number of piperidine rings is 1. The molecule has 0 radical (unpaired) electrons. The van der Waals surface area contributed by atoms with Gasteiger partial charge in [-0.15, -0.1) is 0 Å². The number of aromatic nitrogens is 2. The van der Waals surface area contributed by atoms with Gasteiger partial charge in [0.05, 0.1) is 17.1 Å². The fraction of sp³-hybridized carbons (Fsp3) is 0.538. The summed E-state index contributed by atoms with van der Waals surface area (Å²) in [5.74, 6) is 0.596. The maximum atomic E-state index is 12.1. The first kappa shape index (κ1) is 22.0. The minimum Gasteiger partial charge on any atom is -0.319 e. The molecule has 2 N–H and O–H groups in total. The summed E-state index contributed by atoms with van der Waals surface area (Å²) in [4.78, 5) is 22.3. The van der Waals surface area contributed by atoms with Gasteiger partial charge >= 0.3 is 0 Å². The normalized spacial score (nSPS) is 20.7. The van der Waals surface area contributed by atoms with Crippen molar-refractivity contribution >= 4 is 11.0 Å². The molecule has 1 aliphatic carbocycles. The molecular formula is C26H36N4O. The standard InChI is InChI=1S/C26H36N4O/c1-3-22-26(31)29-23-13-12-21(18-24(23)28-22)25(20-10-8-19(2)9-11-20)27-14-7-17-30-15-5-4-6-16-30/h8,10-13,18-19,25,27H,3-7,9,14-17H2,1-2H3,(H,29,31). The first-order valence-corrected chi connectivity index (χ1v) is 12.0. The van der Waals surface area contributed by atoms with E-state index in [2.05, 4.69) is 57.5 Å². The van der Waals surface area contributed by atoms with E-state index in [1.165, 1.54) is 50.0 Å². The number of rotatable bonds is 8. The molecule has 0 bridgehead atoms. The zero-order valence-corrected chi connectivity index (χ0v) is 19.0. The van der Waals surface area contributed by atoms with Gasteiger partial charge in [0.25, 0.3) is 5.56 Å². The molecule has 0 amide bonds. The Morgan fingerprint density at radius 1 is 1.26 bits per heavy atom. The highest BCUT2D eigenvalue weighted by molar-refractivity contribution is 5.75. The second-order valence-electron chi connectivity index (χ2n) is 9.06. The molecule has 1 saturated heterocycles. The highest BCUT2D eigenvalue weighted by Gasteiger charge is 2.18. The Morgan fingerprint density at radius 2 is 2.10 bits per heavy atom. The molecular weight excluding hydrogens is 384 g/mol. The van der Waals surface area contributed by atoms with Gasteiger partial charge in [0, 0.05) is 0 Å². The van der Waals surface area contributed by atoms with Gasteiger partial charge in [-0.05, 0) is 87.5 Å². The lowest BCUT2D eigenvalue weighted by Crippen LogP contribution is -2.33. The Morgan fingerprint density at radius 3 is 2.84 bits per heavy atom. The van der Waals surface area contributed by atoms with Crippen molar-refractivity contribution in [1.29, 1.82) is 0 Å². The number of allylic oxidation sites excluding steroid dienone is 2. The predicted octanol–water partition coefficient (Wildman–Crippen LogP) is 4.51. The maximum Gasteiger partial charge on any atom is 0.270 e. The molecule has 31 heavy (non-hydrogen) atoms. The van der Waals surface area contributed by atoms with E-state index in [0.29, 0.717) is 18.0 Å². The Kier molecular flexibility index (Phi) is 7.36.